The molecule has 0 amide bonds. The van der Waals surface area contributed by atoms with E-state index in [4.69, 9.17) is 9.16 Å². The molecule has 0 aromatic heterocycles. The van der Waals surface area contributed by atoms with E-state index in [2.05, 4.69) is 48.1 Å². The summed E-state index contributed by atoms with van der Waals surface area (Å²) in [4.78, 5) is 24.1. The summed E-state index contributed by atoms with van der Waals surface area (Å²) in [5, 5.41) is 0. The fourth-order valence-electron chi connectivity index (χ4n) is 2.98. The molecule has 0 aromatic rings. The first-order valence-corrected chi connectivity index (χ1v) is 13.5. The topological polar surface area (TPSA) is 52.6 Å². The molecule has 0 aliphatic carbocycles. The van der Waals surface area contributed by atoms with Crippen LogP contribution in [0.15, 0.2) is 12.2 Å². The van der Waals surface area contributed by atoms with Crippen LogP contribution in [0.25, 0.3) is 0 Å². The number of hydrogen-bond acceptors (Lipinski definition) is 4. The zero-order valence-electron chi connectivity index (χ0n) is 19.4. The predicted octanol–water partition coefficient (Wildman–Crippen LogP) is 6.51. The van der Waals surface area contributed by atoms with Gasteiger partial charge < -0.3 is 9.16 Å². The van der Waals surface area contributed by atoms with Crippen LogP contribution in [0.2, 0.25) is 18.1 Å². The Labute approximate surface area is 174 Å². The summed E-state index contributed by atoms with van der Waals surface area (Å²) in [7, 11) is -2.12. The molecule has 0 aliphatic heterocycles. The van der Waals surface area contributed by atoms with Gasteiger partial charge in [0.1, 0.15) is 0 Å². The van der Waals surface area contributed by atoms with E-state index in [9.17, 15) is 9.59 Å². The van der Waals surface area contributed by atoms with Gasteiger partial charge in [0, 0.05) is 12.0 Å². The van der Waals surface area contributed by atoms with E-state index >= 15 is 0 Å². The lowest BCUT2D eigenvalue weighted by Gasteiger charge is -2.33. The van der Waals surface area contributed by atoms with Gasteiger partial charge in [-0.2, -0.15) is 0 Å². The lowest BCUT2D eigenvalue weighted by molar-refractivity contribution is -0.141. The molecule has 164 valence electrons. The zero-order chi connectivity index (χ0) is 21.7. The first kappa shape index (κ1) is 26.9. The molecule has 0 bridgehead atoms. The third-order valence-corrected chi connectivity index (χ3v) is 9.23. The van der Waals surface area contributed by atoms with E-state index in [-0.39, 0.29) is 12.6 Å². The molecule has 0 atom stereocenters. The highest BCUT2D eigenvalue weighted by Crippen LogP contribution is 2.32. The summed E-state index contributed by atoms with van der Waals surface area (Å²) in [5.41, 5.74) is 0.380. The van der Waals surface area contributed by atoms with Crippen LogP contribution in [0, 0.1) is 17.8 Å². The van der Waals surface area contributed by atoms with Crippen molar-refractivity contribution in [3.05, 3.63) is 12.2 Å². The minimum Gasteiger partial charge on any atom is -0.519 e. The maximum absolute atomic E-state index is 12.6. The lowest BCUT2D eigenvalue weighted by Crippen LogP contribution is -2.41. The average Bonchev–Trinajstić information content (AvgIpc) is 2.59. The average molecular weight is 413 g/mol. The molecule has 0 unspecified atom stereocenters. The van der Waals surface area contributed by atoms with Crippen molar-refractivity contribution in [1.82, 2.24) is 0 Å². The summed E-state index contributed by atoms with van der Waals surface area (Å²) in [6.07, 6.45) is 4.16. The second-order valence-corrected chi connectivity index (χ2v) is 13.5. The van der Waals surface area contributed by atoms with E-state index in [1.165, 1.54) is 0 Å². The molecule has 0 N–H and O–H groups in total. The normalized spacial score (nSPS) is 11.9. The standard InChI is InChI=1S/C23H44O4Si/c1-18(2)11-15-28(16-12-19(3)4,17-13-20(5)6)27-22(24)10-9-14-26-23(25)21(7)8/h18-20H,7,9-17H2,1-6,8H3. The molecule has 0 heterocycles. The molecule has 4 nitrogen and oxygen atoms in total. The minimum atomic E-state index is -2.12. The van der Waals surface area contributed by atoms with E-state index in [1.807, 2.05) is 0 Å². The minimum absolute atomic E-state index is 0.116. The highest BCUT2D eigenvalue weighted by molar-refractivity contribution is 6.75. The molecular formula is C23H44O4Si. The van der Waals surface area contributed by atoms with Crippen LogP contribution in [0.4, 0.5) is 0 Å². The third kappa shape index (κ3) is 13.1. The fraction of sp³-hybridized carbons (Fsp3) is 0.826. The number of esters is 1. The highest BCUT2D eigenvalue weighted by Gasteiger charge is 2.38. The number of ether oxygens (including phenoxy) is 1. The van der Waals surface area contributed by atoms with Gasteiger partial charge in [-0.1, -0.05) is 67.4 Å². The van der Waals surface area contributed by atoms with Gasteiger partial charge in [0.05, 0.1) is 6.61 Å². The van der Waals surface area contributed by atoms with Crippen molar-refractivity contribution in [2.24, 2.45) is 17.8 Å². The molecule has 0 fully saturated rings. The molecular weight excluding hydrogens is 368 g/mol. The predicted molar refractivity (Wildman–Crippen MR) is 120 cm³/mol. The molecule has 0 aromatic carbocycles. The molecule has 5 heteroatoms. The van der Waals surface area contributed by atoms with E-state index in [0.29, 0.717) is 36.2 Å². The second-order valence-electron chi connectivity index (χ2n) is 9.47. The molecule has 0 rings (SSSR count). The molecule has 0 saturated heterocycles. The van der Waals surface area contributed by atoms with Crippen LogP contribution in [-0.2, 0) is 18.8 Å². The Bertz CT molecular complexity index is 452. The maximum Gasteiger partial charge on any atom is 0.333 e. The van der Waals surface area contributed by atoms with Gasteiger partial charge in [0.25, 0.3) is 14.3 Å². The van der Waals surface area contributed by atoms with Crippen LogP contribution in [-0.4, -0.2) is 26.9 Å². The van der Waals surface area contributed by atoms with Gasteiger partial charge in [-0.25, -0.2) is 4.79 Å². The van der Waals surface area contributed by atoms with Crippen molar-refractivity contribution in [3.8, 4) is 0 Å². The number of carbonyl (C=O) groups excluding carboxylic acids is 2. The van der Waals surface area contributed by atoms with Gasteiger partial charge in [-0.3, -0.25) is 4.79 Å². The molecule has 0 spiro atoms. The van der Waals surface area contributed by atoms with Crippen LogP contribution in [0.1, 0.15) is 80.6 Å². The van der Waals surface area contributed by atoms with Crippen molar-refractivity contribution in [3.63, 3.8) is 0 Å². The van der Waals surface area contributed by atoms with Crippen LogP contribution >= 0.6 is 0 Å². The lowest BCUT2D eigenvalue weighted by atomic mass is 10.2. The second kappa shape index (κ2) is 14.0. The van der Waals surface area contributed by atoms with Gasteiger partial charge in [-0.15, -0.1) is 0 Å². The summed E-state index contributed by atoms with van der Waals surface area (Å²) in [5.74, 6) is 1.33. The largest absolute Gasteiger partial charge is 0.519 e. The quantitative estimate of drug-likeness (QED) is 0.133. The summed E-state index contributed by atoms with van der Waals surface area (Å²) in [6, 6.07) is 3.17. The third-order valence-electron chi connectivity index (χ3n) is 4.97. The van der Waals surface area contributed by atoms with E-state index < -0.39 is 14.3 Å². The Balaban J connectivity index is 4.93. The van der Waals surface area contributed by atoms with Crippen LogP contribution < -0.4 is 0 Å². The Hall–Kier alpha value is -1.10. The zero-order valence-corrected chi connectivity index (χ0v) is 20.4. The number of hydrogen-bond donors (Lipinski definition) is 0. The smallest absolute Gasteiger partial charge is 0.333 e. The summed E-state index contributed by atoms with van der Waals surface area (Å²) >= 11 is 0. The Morgan fingerprint density at radius 3 is 1.64 bits per heavy atom. The molecule has 28 heavy (non-hydrogen) atoms. The summed E-state index contributed by atoms with van der Waals surface area (Å²) < 4.78 is 11.4. The van der Waals surface area contributed by atoms with Crippen molar-refractivity contribution < 1.29 is 18.8 Å². The summed E-state index contributed by atoms with van der Waals surface area (Å²) in [6.45, 7) is 18.8. The fourth-order valence-corrected chi connectivity index (χ4v) is 7.93. The first-order valence-electron chi connectivity index (χ1n) is 11.0. The Morgan fingerprint density at radius 2 is 1.29 bits per heavy atom. The Kier molecular flexibility index (Phi) is 13.4. The molecule has 0 saturated carbocycles. The van der Waals surface area contributed by atoms with Crippen LogP contribution in [0.3, 0.4) is 0 Å². The number of carbonyl (C=O) groups is 2. The van der Waals surface area contributed by atoms with Gasteiger partial charge in [-0.05, 0) is 49.2 Å². The number of rotatable bonds is 15. The first-order chi connectivity index (χ1) is 13.0. The van der Waals surface area contributed by atoms with Crippen LogP contribution in [0.5, 0.6) is 0 Å². The highest BCUT2D eigenvalue weighted by atomic mass is 28.4. The van der Waals surface area contributed by atoms with Crippen molar-refractivity contribution in [1.29, 1.82) is 0 Å². The maximum atomic E-state index is 12.6. The van der Waals surface area contributed by atoms with Crippen molar-refractivity contribution >= 4 is 20.3 Å². The molecule has 0 aliphatic rings. The molecule has 0 radical (unpaired) electrons. The van der Waals surface area contributed by atoms with Gasteiger partial charge >= 0.3 is 5.97 Å². The van der Waals surface area contributed by atoms with E-state index in [1.54, 1.807) is 6.92 Å². The van der Waals surface area contributed by atoms with Crippen molar-refractivity contribution in [2.75, 3.05) is 6.61 Å². The monoisotopic (exact) mass is 412 g/mol. The Morgan fingerprint density at radius 1 is 0.857 bits per heavy atom. The van der Waals surface area contributed by atoms with Gasteiger partial charge in [0.2, 0.25) is 0 Å². The van der Waals surface area contributed by atoms with Crippen molar-refractivity contribution in [2.45, 2.75) is 98.7 Å². The van der Waals surface area contributed by atoms with Gasteiger partial charge in [0.15, 0.2) is 0 Å². The van der Waals surface area contributed by atoms with E-state index in [0.717, 1.165) is 37.4 Å². The SMILES string of the molecule is C=C(C)C(=O)OCCCC(=O)O[Si](CCC(C)C)(CCC(C)C)CCC(C)C.